The first-order chi connectivity index (χ1) is 23.2. The van der Waals surface area contributed by atoms with E-state index in [0.29, 0.717) is 32.2 Å². The molecule has 5 atom stereocenters. The summed E-state index contributed by atoms with van der Waals surface area (Å²) in [6.07, 6.45) is -0.144. The molecule has 3 rings (SSSR count). The predicted molar refractivity (Wildman–Crippen MR) is 182 cm³/mol. The number of hydrogen-bond acceptors (Lipinski definition) is 9. The number of amides is 6. The summed E-state index contributed by atoms with van der Waals surface area (Å²) in [5, 5.41) is 7.98. The molecule has 49 heavy (non-hydrogen) atoms. The van der Waals surface area contributed by atoms with Gasteiger partial charge < -0.3 is 25.2 Å². The molecule has 3 N–H and O–H groups in total. The van der Waals surface area contributed by atoms with Crippen molar-refractivity contribution in [1.82, 2.24) is 25.8 Å². The van der Waals surface area contributed by atoms with Crippen LogP contribution in [0.2, 0.25) is 0 Å². The summed E-state index contributed by atoms with van der Waals surface area (Å²) in [6, 6.07) is 6.26. The van der Waals surface area contributed by atoms with Gasteiger partial charge in [0.1, 0.15) is 31.0 Å². The maximum atomic E-state index is 14.3. The lowest BCUT2D eigenvalue weighted by atomic mass is 9.96. The summed E-state index contributed by atoms with van der Waals surface area (Å²) in [5.41, 5.74) is 0.797. The van der Waals surface area contributed by atoms with Crippen molar-refractivity contribution in [3.63, 3.8) is 0 Å². The summed E-state index contributed by atoms with van der Waals surface area (Å²) in [6.45, 7) is 9.67. The normalized spacial score (nSPS) is 20.2. The zero-order valence-electron chi connectivity index (χ0n) is 29.4. The van der Waals surface area contributed by atoms with Crippen molar-refractivity contribution in [2.75, 3.05) is 32.6 Å². The number of likely N-dealkylation sites (N-methyl/N-ethyl adjacent to an activating group) is 1. The number of likely N-dealkylation sites (tertiary alicyclic amines) is 2. The highest BCUT2D eigenvalue weighted by Crippen LogP contribution is 2.50. The molecule has 2 heterocycles. The van der Waals surface area contributed by atoms with E-state index in [2.05, 4.69) is 16.0 Å². The van der Waals surface area contributed by atoms with E-state index in [1.54, 1.807) is 6.92 Å². The smallest absolute Gasteiger partial charge is 0.410 e. The standard InChI is InChI=1S/C34H52N5O9P/c1-7-48-49(46,20-25(16-22(2)3)30(41)36-26(17-23(4)5)31(42)35-6)21-39-29(40)18-27(33(39)44)37-32(43)28-14-11-15-38(28)34(45)47-19-24-12-9-8-10-13-24/h8-10,12-13,22-23,25-28H,7,11,14-21H2,1-6H3,(H,35,42)(H,36,41)(H,37,43)/t25?,26-,27+,28-,49?/m0/s1. The van der Waals surface area contributed by atoms with Crippen molar-refractivity contribution in [1.29, 1.82) is 0 Å². The molecule has 1 aromatic carbocycles. The lowest BCUT2D eigenvalue weighted by molar-refractivity contribution is -0.139. The van der Waals surface area contributed by atoms with E-state index in [0.717, 1.165) is 10.5 Å². The van der Waals surface area contributed by atoms with Crippen LogP contribution in [0.3, 0.4) is 0 Å². The van der Waals surface area contributed by atoms with Crippen LogP contribution in [0.5, 0.6) is 0 Å². The van der Waals surface area contributed by atoms with Gasteiger partial charge in [-0.05, 0) is 50.0 Å². The number of nitrogens with zero attached hydrogens (tertiary/aromatic N) is 2. The first-order valence-electron chi connectivity index (χ1n) is 17.0. The first kappa shape index (κ1) is 39.7. The molecule has 6 amide bonds. The van der Waals surface area contributed by atoms with Crippen LogP contribution in [-0.2, 0) is 44.4 Å². The lowest BCUT2D eigenvalue weighted by Gasteiger charge is -2.29. The van der Waals surface area contributed by atoms with Crippen LogP contribution in [0.4, 0.5) is 4.79 Å². The second-order valence-corrected chi connectivity index (χ2v) is 16.0. The summed E-state index contributed by atoms with van der Waals surface area (Å²) >= 11 is 0. The number of imide groups is 1. The monoisotopic (exact) mass is 705 g/mol. The Labute approximate surface area is 288 Å². The molecule has 2 aliphatic heterocycles. The molecule has 2 unspecified atom stereocenters. The molecule has 0 bridgehead atoms. The van der Waals surface area contributed by atoms with Crippen LogP contribution in [0, 0.1) is 17.8 Å². The van der Waals surface area contributed by atoms with Crippen molar-refractivity contribution in [3.05, 3.63) is 35.9 Å². The molecule has 0 spiro atoms. The molecule has 2 saturated heterocycles. The second-order valence-electron chi connectivity index (χ2n) is 13.5. The van der Waals surface area contributed by atoms with Gasteiger partial charge >= 0.3 is 6.09 Å². The number of rotatable bonds is 17. The Balaban J connectivity index is 1.68. The molecular formula is C34H52N5O9P. The predicted octanol–water partition coefficient (Wildman–Crippen LogP) is 3.24. The third-order valence-electron chi connectivity index (χ3n) is 8.49. The number of ether oxygens (including phenoxy) is 1. The third-order valence-corrected chi connectivity index (χ3v) is 10.9. The van der Waals surface area contributed by atoms with Gasteiger partial charge in [-0.25, -0.2) is 4.79 Å². The van der Waals surface area contributed by atoms with Crippen LogP contribution < -0.4 is 16.0 Å². The van der Waals surface area contributed by atoms with Crippen molar-refractivity contribution in [3.8, 4) is 0 Å². The highest BCUT2D eigenvalue weighted by Gasteiger charge is 2.46. The molecule has 0 saturated carbocycles. The average molecular weight is 706 g/mol. The Morgan fingerprint density at radius 1 is 1.00 bits per heavy atom. The minimum Gasteiger partial charge on any atom is -0.445 e. The summed E-state index contributed by atoms with van der Waals surface area (Å²) in [7, 11) is -2.32. The maximum absolute atomic E-state index is 14.3. The molecule has 1 aromatic rings. The van der Waals surface area contributed by atoms with E-state index < -0.39 is 67.4 Å². The SMILES string of the molecule is CCOP(=O)(CC(CC(C)C)C(=O)N[C@@H](CC(C)C)C(=O)NC)CN1C(=O)C[C@@H](NC(=O)[C@@H]2CCCN2C(=O)OCc2ccccc2)C1=O. The van der Waals surface area contributed by atoms with Gasteiger partial charge in [-0.3, -0.25) is 38.3 Å². The fourth-order valence-corrected chi connectivity index (χ4v) is 8.70. The van der Waals surface area contributed by atoms with Gasteiger partial charge in [0.2, 0.25) is 31.0 Å². The van der Waals surface area contributed by atoms with Crippen LogP contribution >= 0.6 is 7.37 Å². The van der Waals surface area contributed by atoms with E-state index in [1.807, 2.05) is 58.0 Å². The molecule has 15 heteroatoms. The molecule has 2 fully saturated rings. The van der Waals surface area contributed by atoms with Gasteiger partial charge in [0.15, 0.2) is 0 Å². The summed E-state index contributed by atoms with van der Waals surface area (Å²) in [4.78, 5) is 80.8. The topological polar surface area (TPSA) is 181 Å². The summed E-state index contributed by atoms with van der Waals surface area (Å²) < 4.78 is 25.4. The first-order valence-corrected chi connectivity index (χ1v) is 19.0. The molecule has 0 aliphatic carbocycles. The summed E-state index contributed by atoms with van der Waals surface area (Å²) in [5.74, 6) is -3.45. The Morgan fingerprint density at radius 3 is 2.29 bits per heavy atom. The van der Waals surface area contributed by atoms with Crippen LogP contribution in [0.1, 0.15) is 72.3 Å². The van der Waals surface area contributed by atoms with Gasteiger partial charge in [-0.1, -0.05) is 58.0 Å². The van der Waals surface area contributed by atoms with E-state index >= 15 is 0 Å². The molecule has 272 valence electrons. The molecule has 0 radical (unpaired) electrons. The molecule has 0 aromatic heterocycles. The molecule has 2 aliphatic rings. The Bertz CT molecular complexity index is 1390. The van der Waals surface area contributed by atoms with Gasteiger partial charge in [-0.2, -0.15) is 0 Å². The van der Waals surface area contributed by atoms with Crippen LogP contribution in [0.25, 0.3) is 0 Å². The minimum absolute atomic E-state index is 0.00970. The van der Waals surface area contributed by atoms with E-state index in [1.165, 1.54) is 11.9 Å². The number of benzene rings is 1. The zero-order valence-corrected chi connectivity index (χ0v) is 30.3. The third kappa shape index (κ3) is 11.4. The van der Waals surface area contributed by atoms with Gasteiger partial charge in [0.05, 0.1) is 13.0 Å². The van der Waals surface area contributed by atoms with Crippen molar-refractivity contribution in [2.45, 2.75) is 91.5 Å². The van der Waals surface area contributed by atoms with E-state index in [9.17, 15) is 33.3 Å². The average Bonchev–Trinajstić information content (AvgIpc) is 3.64. The molecule has 14 nitrogen and oxygen atoms in total. The van der Waals surface area contributed by atoms with E-state index in [-0.39, 0.29) is 43.5 Å². The fraction of sp³-hybridized carbons (Fsp3) is 0.647. The number of hydrogen-bond donors (Lipinski definition) is 3. The van der Waals surface area contributed by atoms with Gasteiger partial charge in [0, 0.05) is 25.7 Å². The quantitative estimate of drug-likeness (QED) is 0.162. The largest absolute Gasteiger partial charge is 0.445 e. The Hall–Kier alpha value is -3.77. The lowest BCUT2D eigenvalue weighted by Crippen LogP contribution is -2.51. The minimum atomic E-state index is -3.81. The second kappa shape index (κ2) is 18.3. The van der Waals surface area contributed by atoms with Crippen molar-refractivity contribution >= 4 is 43.0 Å². The van der Waals surface area contributed by atoms with Gasteiger partial charge in [0.25, 0.3) is 5.91 Å². The number of carbonyl (C=O) groups excluding carboxylic acids is 6. The highest BCUT2D eigenvalue weighted by atomic mass is 31.2. The zero-order chi connectivity index (χ0) is 36.3. The van der Waals surface area contributed by atoms with Crippen molar-refractivity contribution < 1.29 is 42.6 Å². The number of nitrogens with one attached hydrogen (secondary N) is 3. The van der Waals surface area contributed by atoms with Crippen LogP contribution in [0.15, 0.2) is 30.3 Å². The van der Waals surface area contributed by atoms with E-state index in [4.69, 9.17) is 9.26 Å². The van der Waals surface area contributed by atoms with Crippen LogP contribution in [-0.4, -0.2) is 96.2 Å². The highest BCUT2D eigenvalue weighted by molar-refractivity contribution is 7.59. The number of carbonyl (C=O) groups is 6. The Kier molecular flexibility index (Phi) is 14.8. The fourth-order valence-electron chi connectivity index (χ4n) is 6.21. The Morgan fingerprint density at radius 2 is 1.67 bits per heavy atom. The van der Waals surface area contributed by atoms with Crippen molar-refractivity contribution in [2.24, 2.45) is 17.8 Å². The maximum Gasteiger partial charge on any atom is 0.410 e. The van der Waals surface area contributed by atoms with Gasteiger partial charge in [-0.15, -0.1) is 0 Å². The molecular weight excluding hydrogens is 653 g/mol.